The molecule has 1 saturated carbocycles. The molecule has 2 aliphatic rings. The number of carbonyl (C=O) groups excluding carboxylic acids is 1. The van der Waals surface area contributed by atoms with E-state index in [1.54, 1.807) is 6.20 Å². The lowest BCUT2D eigenvalue weighted by atomic mass is 10.0. The monoisotopic (exact) mass is 293 g/mol. The van der Waals surface area contributed by atoms with Crippen molar-refractivity contribution in [3.05, 3.63) is 53.7 Å². The summed E-state index contributed by atoms with van der Waals surface area (Å²) in [5.74, 6) is 0.765. The molecule has 1 fully saturated rings. The number of hydrogen-bond acceptors (Lipinski definition) is 3. The molecule has 0 atom stereocenters. The van der Waals surface area contributed by atoms with Crippen LogP contribution in [0, 0.1) is 0 Å². The van der Waals surface area contributed by atoms with Crippen LogP contribution in [0.15, 0.2) is 42.6 Å². The average molecular weight is 293 g/mol. The summed E-state index contributed by atoms with van der Waals surface area (Å²) in [6.07, 6.45) is 6.11. The molecule has 1 aromatic heterocycles. The molecular formula is C18H19N3O. The number of para-hydroxylation sites is 1. The number of nitrogens with zero attached hydrogens (tertiary/aromatic N) is 2. The smallest absolute Gasteiger partial charge is 0.255 e. The summed E-state index contributed by atoms with van der Waals surface area (Å²) < 4.78 is 0. The largest absolute Gasteiger partial charge is 0.349 e. The number of hydrogen-bond donors (Lipinski definition) is 1. The molecule has 112 valence electrons. The van der Waals surface area contributed by atoms with Crippen LogP contribution in [-0.4, -0.2) is 23.5 Å². The van der Waals surface area contributed by atoms with Gasteiger partial charge in [-0.3, -0.25) is 4.79 Å². The number of carbonyl (C=O) groups is 1. The van der Waals surface area contributed by atoms with Crippen LogP contribution in [0.4, 0.5) is 11.5 Å². The Morgan fingerprint density at radius 1 is 1.18 bits per heavy atom. The van der Waals surface area contributed by atoms with Crippen molar-refractivity contribution in [2.24, 2.45) is 0 Å². The van der Waals surface area contributed by atoms with Gasteiger partial charge in [-0.2, -0.15) is 0 Å². The second kappa shape index (κ2) is 5.44. The summed E-state index contributed by atoms with van der Waals surface area (Å²) >= 11 is 0. The molecule has 4 heteroatoms. The SMILES string of the molecule is O=C(NC1CC1)c1cccnc1N1CCCc2ccccc21. The Hall–Kier alpha value is -2.36. The van der Waals surface area contributed by atoms with E-state index in [4.69, 9.17) is 0 Å². The van der Waals surface area contributed by atoms with E-state index < -0.39 is 0 Å². The van der Waals surface area contributed by atoms with Crippen molar-refractivity contribution in [3.63, 3.8) is 0 Å². The standard InChI is InChI=1S/C18H19N3O/c22-18(20-14-9-10-14)15-7-3-11-19-17(15)21-12-4-6-13-5-1-2-8-16(13)21/h1-3,5,7-8,11,14H,4,6,9-10,12H2,(H,20,22). The third kappa shape index (κ3) is 2.45. The Balaban J connectivity index is 1.72. The number of nitrogens with one attached hydrogen (secondary N) is 1. The Kier molecular flexibility index (Phi) is 3.29. The van der Waals surface area contributed by atoms with Crippen molar-refractivity contribution in [3.8, 4) is 0 Å². The molecule has 4 nitrogen and oxygen atoms in total. The van der Waals surface area contributed by atoms with Gasteiger partial charge in [0.15, 0.2) is 0 Å². The predicted molar refractivity (Wildman–Crippen MR) is 86.5 cm³/mol. The van der Waals surface area contributed by atoms with Crippen molar-refractivity contribution in [1.29, 1.82) is 0 Å². The summed E-state index contributed by atoms with van der Waals surface area (Å²) in [5.41, 5.74) is 3.17. The van der Waals surface area contributed by atoms with Crippen molar-refractivity contribution < 1.29 is 4.79 Å². The number of anilines is 2. The molecule has 2 heterocycles. The van der Waals surface area contributed by atoms with Gasteiger partial charge in [-0.1, -0.05) is 18.2 Å². The third-order valence-corrected chi connectivity index (χ3v) is 4.31. The molecule has 1 aromatic carbocycles. The van der Waals surface area contributed by atoms with Crippen molar-refractivity contribution in [1.82, 2.24) is 10.3 Å². The number of amides is 1. The van der Waals surface area contributed by atoms with Crippen LogP contribution in [-0.2, 0) is 6.42 Å². The summed E-state index contributed by atoms with van der Waals surface area (Å²) in [6.45, 7) is 0.901. The second-order valence-electron chi connectivity index (χ2n) is 6.01. The topological polar surface area (TPSA) is 45.2 Å². The molecule has 1 aliphatic heterocycles. The molecule has 0 saturated heterocycles. The first-order valence-corrected chi connectivity index (χ1v) is 7.94. The molecule has 0 unspecified atom stereocenters. The fraction of sp³-hybridized carbons (Fsp3) is 0.333. The van der Waals surface area contributed by atoms with E-state index in [1.165, 1.54) is 11.3 Å². The number of benzene rings is 1. The van der Waals surface area contributed by atoms with Crippen LogP contribution in [0.2, 0.25) is 0 Å². The van der Waals surface area contributed by atoms with E-state index in [2.05, 4.69) is 33.4 Å². The van der Waals surface area contributed by atoms with E-state index in [1.807, 2.05) is 18.2 Å². The highest BCUT2D eigenvalue weighted by molar-refractivity contribution is 6.00. The molecule has 22 heavy (non-hydrogen) atoms. The molecule has 1 aliphatic carbocycles. The third-order valence-electron chi connectivity index (χ3n) is 4.31. The van der Waals surface area contributed by atoms with Crippen LogP contribution in [0.3, 0.4) is 0 Å². The van der Waals surface area contributed by atoms with Crippen LogP contribution < -0.4 is 10.2 Å². The Morgan fingerprint density at radius 3 is 2.91 bits per heavy atom. The lowest BCUT2D eigenvalue weighted by molar-refractivity contribution is 0.0951. The van der Waals surface area contributed by atoms with Crippen molar-refractivity contribution in [2.45, 2.75) is 31.7 Å². The first-order valence-electron chi connectivity index (χ1n) is 7.94. The van der Waals surface area contributed by atoms with Crippen molar-refractivity contribution >= 4 is 17.4 Å². The van der Waals surface area contributed by atoms with E-state index in [0.29, 0.717) is 11.6 Å². The zero-order chi connectivity index (χ0) is 14.9. The van der Waals surface area contributed by atoms with Gasteiger partial charge in [-0.05, 0) is 49.4 Å². The second-order valence-corrected chi connectivity index (χ2v) is 6.01. The summed E-state index contributed by atoms with van der Waals surface area (Å²) in [5, 5.41) is 3.07. The van der Waals surface area contributed by atoms with Gasteiger partial charge in [0.05, 0.1) is 5.56 Å². The van der Waals surface area contributed by atoms with Crippen LogP contribution in [0.1, 0.15) is 35.2 Å². The van der Waals surface area contributed by atoms with Gasteiger partial charge in [0.1, 0.15) is 5.82 Å². The molecule has 0 spiro atoms. The zero-order valence-corrected chi connectivity index (χ0v) is 12.5. The molecule has 1 amide bonds. The molecule has 4 rings (SSSR count). The van der Waals surface area contributed by atoms with Crippen LogP contribution in [0.25, 0.3) is 0 Å². The maximum absolute atomic E-state index is 12.5. The highest BCUT2D eigenvalue weighted by Gasteiger charge is 2.27. The lowest BCUT2D eigenvalue weighted by Gasteiger charge is -2.31. The van der Waals surface area contributed by atoms with Crippen LogP contribution in [0.5, 0.6) is 0 Å². The fourth-order valence-corrected chi connectivity index (χ4v) is 3.03. The summed E-state index contributed by atoms with van der Waals surface area (Å²) in [7, 11) is 0. The maximum Gasteiger partial charge on any atom is 0.255 e. The number of rotatable bonds is 3. The van der Waals surface area contributed by atoms with Gasteiger partial charge >= 0.3 is 0 Å². The van der Waals surface area contributed by atoms with E-state index >= 15 is 0 Å². The minimum Gasteiger partial charge on any atom is -0.349 e. The average Bonchev–Trinajstić information content (AvgIpc) is 3.38. The van der Waals surface area contributed by atoms with Crippen molar-refractivity contribution in [2.75, 3.05) is 11.4 Å². The number of aromatic nitrogens is 1. The van der Waals surface area contributed by atoms with E-state index in [0.717, 1.165) is 38.0 Å². The molecule has 0 radical (unpaired) electrons. The lowest BCUT2D eigenvalue weighted by Crippen LogP contribution is -2.31. The number of fused-ring (bicyclic) bond motifs is 1. The van der Waals surface area contributed by atoms with Gasteiger partial charge in [-0.15, -0.1) is 0 Å². The first-order chi connectivity index (χ1) is 10.8. The highest BCUT2D eigenvalue weighted by atomic mass is 16.1. The number of aryl methyl sites for hydroxylation is 1. The fourth-order valence-electron chi connectivity index (χ4n) is 3.03. The predicted octanol–water partition coefficient (Wildman–Crippen LogP) is 3.06. The van der Waals surface area contributed by atoms with E-state index in [9.17, 15) is 4.79 Å². The summed E-state index contributed by atoms with van der Waals surface area (Å²) in [4.78, 5) is 19.2. The summed E-state index contributed by atoms with van der Waals surface area (Å²) in [6, 6.07) is 12.5. The van der Waals surface area contributed by atoms with Crippen LogP contribution >= 0.6 is 0 Å². The molecule has 2 aromatic rings. The van der Waals surface area contributed by atoms with Gasteiger partial charge in [0.2, 0.25) is 0 Å². The number of pyridine rings is 1. The van der Waals surface area contributed by atoms with E-state index in [-0.39, 0.29) is 5.91 Å². The minimum absolute atomic E-state index is 0.00588. The van der Waals surface area contributed by atoms with Gasteiger partial charge in [0, 0.05) is 24.5 Å². The van der Waals surface area contributed by atoms with Gasteiger partial charge < -0.3 is 10.2 Å². The first kappa shape index (κ1) is 13.3. The Labute approximate surface area is 130 Å². The normalized spacial score (nSPS) is 17.0. The quantitative estimate of drug-likeness (QED) is 0.946. The minimum atomic E-state index is -0.00588. The van der Waals surface area contributed by atoms with Gasteiger partial charge in [0.25, 0.3) is 5.91 Å². The maximum atomic E-state index is 12.5. The molecule has 1 N–H and O–H groups in total. The zero-order valence-electron chi connectivity index (χ0n) is 12.5. The van der Waals surface area contributed by atoms with Gasteiger partial charge in [-0.25, -0.2) is 4.98 Å². The highest BCUT2D eigenvalue weighted by Crippen LogP contribution is 2.34. The molecular weight excluding hydrogens is 274 g/mol. The Morgan fingerprint density at radius 2 is 2.05 bits per heavy atom. The Bertz CT molecular complexity index is 709. The molecule has 0 bridgehead atoms.